The minimum absolute atomic E-state index is 0. The van der Waals surface area contributed by atoms with Gasteiger partial charge in [-0.15, -0.1) is 12.4 Å². The van der Waals surface area contributed by atoms with E-state index in [9.17, 15) is 9.59 Å². The highest BCUT2D eigenvalue weighted by atomic mass is 35.5. The Morgan fingerprint density at radius 2 is 1.77 bits per heavy atom. The molecule has 30 heavy (non-hydrogen) atoms. The number of anilines is 2. The number of hydrogen-bond donors (Lipinski definition) is 3. The summed E-state index contributed by atoms with van der Waals surface area (Å²) >= 11 is 0. The lowest BCUT2D eigenvalue weighted by atomic mass is 10.0. The zero-order valence-corrected chi connectivity index (χ0v) is 17.4. The molecule has 0 radical (unpaired) electrons. The number of carbonyl (C=O) groups is 2. The maximum Gasteiger partial charge on any atom is 0.325 e. The number of rotatable bonds is 7. The normalized spacial score (nSPS) is 13.0. The maximum absolute atomic E-state index is 13.1. The first-order valence-corrected chi connectivity index (χ1v) is 8.89. The van der Waals surface area contributed by atoms with Crippen LogP contribution in [0.15, 0.2) is 54.3 Å². The maximum atomic E-state index is 13.1. The predicted molar refractivity (Wildman–Crippen MR) is 118 cm³/mol. The van der Waals surface area contributed by atoms with Gasteiger partial charge in [-0.2, -0.15) is 0 Å². The highest BCUT2D eigenvalue weighted by Crippen LogP contribution is 2.32. The molecule has 1 aliphatic rings. The van der Waals surface area contributed by atoms with Gasteiger partial charge in [0.1, 0.15) is 18.1 Å². The van der Waals surface area contributed by atoms with Gasteiger partial charge >= 0.3 is 5.97 Å². The van der Waals surface area contributed by atoms with Crippen molar-refractivity contribution in [1.82, 2.24) is 0 Å². The molecule has 0 fully saturated rings. The van der Waals surface area contributed by atoms with E-state index in [2.05, 4.69) is 10.1 Å². The minimum Gasteiger partial charge on any atom is -0.498 e. The van der Waals surface area contributed by atoms with E-state index in [0.29, 0.717) is 29.1 Å². The van der Waals surface area contributed by atoms with Crippen LogP contribution in [0.25, 0.3) is 5.57 Å². The van der Waals surface area contributed by atoms with Crippen LogP contribution in [-0.2, 0) is 19.1 Å². The lowest BCUT2D eigenvalue weighted by molar-refractivity contribution is -0.138. The van der Waals surface area contributed by atoms with Crippen molar-refractivity contribution in [2.24, 2.45) is 5.73 Å². The number of ether oxygens (including phenoxy) is 2. The lowest BCUT2D eigenvalue weighted by Gasteiger charge is -2.17. The Balaban J connectivity index is 0.00000320. The fraction of sp³-hybridized carbons (Fsp3) is 0.190. The number of halogens is 1. The minimum atomic E-state index is -0.365. The van der Waals surface area contributed by atoms with Crippen LogP contribution in [0.4, 0.5) is 11.4 Å². The van der Waals surface area contributed by atoms with Crippen molar-refractivity contribution in [3.8, 4) is 0 Å². The van der Waals surface area contributed by atoms with Crippen LogP contribution >= 0.6 is 12.4 Å². The number of nitrogens with two attached hydrogens (primary N) is 1. The van der Waals surface area contributed by atoms with Crippen molar-refractivity contribution < 1.29 is 19.1 Å². The van der Waals surface area contributed by atoms with E-state index in [0.717, 1.165) is 11.3 Å². The van der Waals surface area contributed by atoms with E-state index in [4.69, 9.17) is 15.9 Å². The van der Waals surface area contributed by atoms with Crippen LogP contribution in [0.2, 0.25) is 0 Å². The molecule has 0 unspecified atom stereocenters. The van der Waals surface area contributed by atoms with Crippen LogP contribution in [0.1, 0.15) is 11.1 Å². The third-order valence-electron chi connectivity index (χ3n) is 4.61. The number of methoxy groups -OCH3 is 2. The van der Waals surface area contributed by atoms with Crippen LogP contribution in [0, 0.1) is 5.41 Å². The Bertz CT molecular complexity index is 972. The van der Waals surface area contributed by atoms with Gasteiger partial charge in [0.15, 0.2) is 0 Å². The molecule has 9 heteroatoms. The summed E-state index contributed by atoms with van der Waals surface area (Å²) in [6.07, 6.45) is 0. The number of carbonyl (C=O) groups excluding carboxylic acids is 2. The number of nitrogen functional groups attached to an aromatic ring is 1. The Morgan fingerprint density at radius 1 is 1.13 bits per heavy atom. The van der Waals surface area contributed by atoms with Gasteiger partial charge in [0, 0.05) is 16.9 Å². The van der Waals surface area contributed by atoms with E-state index >= 15 is 0 Å². The molecule has 0 bridgehead atoms. The number of hydrogen-bond acceptors (Lipinski definition) is 6. The smallest absolute Gasteiger partial charge is 0.325 e. The molecule has 4 N–H and O–H groups in total. The average Bonchev–Trinajstić information content (AvgIpc) is 3.08. The van der Waals surface area contributed by atoms with Crippen LogP contribution in [-0.4, -0.2) is 45.0 Å². The van der Waals surface area contributed by atoms with Gasteiger partial charge in [0.25, 0.3) is 5.91 Å². The van der Waals surface area contributed by atoms with Crippen molar-refractivity contribution in [1.29, 1.82) is 5.41 Å². The van der Waals surface area contributed by atoms with E-state index in [-0.39, 0.29) is 36.7 Å². The fourth-order valence-electron chi connectivity index (χ4n) is 3.03. The first-order valence-electron chi connectivity index (χ1n) is 8.89. The van der Waals surface area contributed by atoms with Gasteiger partial charge in [-0.1, -0.05) is 12.1 Å². The predicted octanol–water partition coefficient (Wildman–Crippen LogP) is 2.38. The summed E-state index contributed by atoms with van der Waals surface area (Å²) in [5.41, 5.74) is 8.72. The molecule has 1 amide bonds. The average molecular weight is 431 g/mol. The van der Waals surface area contributed by atoms with Gasteiger partial charge in [-0.25, -0.2) is 0 Å². The summed E-state index contributed by atoms with van der Waals surface area (Å²) in [6.45, 7) is 0.372. The summed E-state index contributed by atoms with van der Waals surface area (Å²) in [6, 6.07) is 14.1. The van der Waals surface area contributed by atoms with Gasteiger partial charge in [0.05, 0.1) is 26.3 Å². The van der Waals surface area contributed by atoms with Crippen LogP contribution in [0.3, 0.4) is 0 Å². The van der Waals surface area contributed by atoms with Crippen molar-refractivity contribution in [2.75, 3.05) is 37.5 Å². The van der Waals surface area contributed by atoms with Gasteiger partial charge in [-0.05, 0) is 42.0 Å². The molecule has 0 saturated carbocycles. The second kappa shape index (κ2) is 9.80. The number of nitrogens with one attached hydrogen (secondary N) is 2. The zero-order chi connectivity index (χ0) is 21.0. The monoisotopic (exact) mass is 430 g/mol. The topological polar surface area (TPSA) is 118 Å². The molecular formula is C21H23ClN4O4. The largest absolute Gasteiger partial charge is 0.498 e. The number of esters is 1. The molecule has 2 aromatic carbocycles. The molecule has 1 aliphatic heterocycles. The van der Waals surface area contributed by atoms with Crippen LogP contribution < -0.4 is 16.0 Å². The molecule has 0 aliphatic carbocycles. The summed E-state index contributed by atoms with van der Waals surface area (Å²) in [5.74, 6) is 0.00561. The summed E-state index contributed by atoms with van der Waals surface area (Å²) in [5, 5.41) is 10.4. The van der Waals surface area contributed by atoms with Crippen molar-refractivity contribution in [3.63, 3.8) is 0 Å². The third kappa shape index (κ3) is 4.72. The SMILES string of the molecule is COC(=O)CNc1ccc(C2=C(OC)CN(c3ccc(C(=N)N)cc3)C2=O)cc1.Cl. The molecule has 158 valence electrons. The lowest BCUT2D eigenvalue weighted by Crippen LogP contribution is -2.26. The zero-order valence-electron chi connectivity index (χ0n) is 16.6. The van der Waals surface area contributed by atoms with E-state index in [1.165, 1.54) is 14.2 Å². The Hall–Kier alpha value is -3.52. The van der Waals surface area contributed by atoms with Crippen LogP contribution in [0.5, 0.6) is 0 Å². The van der Waals surface area contributed by atoms with Gasteiger partial charge in [0.2, 0.25) is 0 Å². The molecule has 0 atom stereocenters. The summed E-state index contributed by atoms with van der Waals surface area (Å²) in [4.78, 5) is 25.9. The molecule has 3 rings (SSSR count). The fourth-order valence-corrected chi connectivity index (χ4v) is 3.03. The number of amides is 1. The Morgan fingerprint density at radius 3 is 2.30 bits per heavy atom. The van der Waals surface area contributed by atoms with E-state index < -0.39 is 0 Å². The third-order valence-corrected chi connectivity index (χ3v) is 4.61. The van der Waals surface area contributed by atoms with E-state index in [1.54, 1.807) is 53.4 Å². The highest BCUT2D eigenvalue weighted by molar-refractivity contribution is 6.29. The molecule has 0 aromatic heterocycles. The van der Waals surface area contributed by atoms with Crippen molar-refractivity contribution in [3.05, 3.63) is 65.4 Å². The van der Waals surface area contributed by atoms with Crippen molar-refractivity contribution >= 4 is 47.1 Å². The highest BCUT2D eigenvalue weighted by Gasteiger charge is 2.33. The Labute approximate surface area is 180 Å². The van der Waals surface area contributed by atoms with Gasteiger partial charge < -0.3 is 25.4 Å². The Kier molecular flexibility index (Phi) is 7.43. The molecule has 0 saturated heterocycles. The molecule has 0 spiro atoms. The molecular weight excluding hydrogens is 408 g/mol. The second-order valence-corrected chi connectivity index (χ2v) is 6.36. The second-order valence-electron chi connectivity index (χ2n) is 6.36. The summed E-state index contributed by atoms with van der Waals surface area (Å²) < 4.78 is 10.1. The molecule has 1 heterocycles. The number of benzene rings is 2. The quantitative estimate of drug-likeness (QED) is 0.352. The first-order chi connectivity index (χ1) is 13.9. The molecule has 8 nitrogen and oxygen atoms in total. The number of amidine groups is 1. The first kappa shape index (κ1) is 22.8. The molecule has 2 aromatic rings. The summed E-state index contributed by atoms with van der Waals surface area (Å²) in [7, 11) is 2.87. The van der Waals surface area contributed by atoms with Gasteiger partial charge in [-0.3, -0.25) is 15.0 Å². The standard InChI is InChI=1S/C21H22N4O4.ClH/c1-28-17-12-25(16-9-5-14(6-10-16)20(22)23)21(27)19(17)13-3-7-15(8-4-13)24-11-18(26)29-2;/h3-10,24H,11-12H2,1-2H3,(H3,22,23);1H. The number of nitrogens with zero attached hydrogens (tertiary/aromatic N) is 1. The van der Waals surface area contributed by atoms with E-state index in [1.807, 2.05) is 0 Å². The van der Waals surface area contributed by atoms with Crippen molar-refractivity contribution in [2.45, 2.75) is 0 Å².